The van der Waals surface area contributed by atoms with Crippen molar-refractivity contribution in [2.75, 3.05) is 11.9 Å². The highest BCUT2D eigenvalue weighted by Crippen LogP contribution is 2.25. The molecule has 1 aromatic rings. The van der Waals surface area contributed by atoms with Gasteiger partial charge in [-0.05, 0) is 11.8 Å². The predicted octanol–water partition coefficient (Wildman–Crippen LogP) is 3.35. The number of hydrogen-bond acceptors (Lipinski definition) is 4. The number of halogens is 1. The SMILES string of the molecule is CC(C)C(C)CNc1ncc(Cl)cc1[N+](=O)[O-]. The fraction of sp³-hybridized carbons (Fsp3) is 0.545. The van der Waals surface area contributed by atoms with Crippen LogP contribution in [0.25, 0.3) is 0 Å². The Morgan fingerprint density at radius 1 is 1.53 bits per heavy atom. The van der Waals surface area contributed by atoms with E-state index in [1.807, 2.05) is 0 Å². The van der Waals surface area contributed by atoms with Crippen molar-refractivity contribution in [3.63, 3.8) is 0 Å². The molecule has 1 unspecified atom stereocenters. The van der Waals surface area contributed by atoms with Gasteiger partial charge in [-0.2, -0.15) is 0 Å². The summed E-state index contributed by atoms with van der Waals surface area (Å²) in [6.07, 6.45) is 1.40. The molecule has 0 amide bonds. The van der Waals surface area contributed by atoms with Gasteiger partial charge in [-0.1, -0.05) is 32.4 Å². The average Bonchev–Trinajstić information content (AvgIpc) is 2.26. The first-order chi connectivity index (χ1) is 7.91. The van der Waals surface area contributed by atoms with Crippen molar-refractivity contribution in [2.45, 2.75) is 20.8 Å². The number of hydrogen-bond donors (Lipinski definition) is 1. The lowest BCUT2D eigenvalue weighted by molar-refractivity contribution is -0.384. The van der Waals surface area contributed by atoms with Crippen molar-refractivity contribution in [3.05, 3.63) is 27.4 Å². The summed E-state index contributed by atoms with van der Waals surface area (Å²) in [4.78, 5) is 14.3. The Labute approximate surface area is 105 Å². The number of anilines is 1. The van der Waals surface area contributed by atoms with E-state index in [9.17, 15) is 10.1 Å². The van der Waals surface area contributed by atoms with E-state index in [2.05, 4.69) is 31.1 Å². The van der Waals surface area contributed by atoms with Crippen LogP contribution < -0.4 is 5.32 Å². The summed E-state index contributed by atoms with van der Waals surface area (Å²) < 4.78 is 0. The molecule has 0 aliphatic carbocycles. The summed E-state index contributed by atoms with van der Waals surface area (Å²) >= 11 is 5.68. The van der Waals surface area contributed by atoms with Crippen molar-refractivity contribution in [2.24, 2.45) is 11.8 Å². The van der Waals surface area contributed by atoms with Gasteiger partial charge in [0.25, 0.3) is 0 Å². The Kier molecular flexibility index (Phi) is 4.69. The molecule has 0 aliphatic rings. The lowest BCUT2D eigenvalue weighted by Gasteiger charge is -2.16. The Morgan fingerprint density at radius 3 is 2.71 bits per heavy atom. The van der Waals surface area contributed by atoms with Crippen LogP contribution >= 0.6 is 11.6 Å². The number of nitrogens with zero attached hydrogens (tertiary/aromatic N) is 2. The van der Waals surface area contributed by atoms with Gasteiger partial charge in [0, 0.05) is 18.8 Å². The van der Waals surface area contributed by atoms with E-state index in [0.29, 0.717) is 18.4 Å². The van der Waals surface area contributed by atoms with Crippen LogP contribution in [-0.2, 0) is 0 Å². The molecule has 5 nitrogen and oxygen atoms in total. The van der Waals surface area contributed by atoms with Crippen LogP contribution in [0.5, 0.6) is 0 Å². The maximum Gasteiger partial charge on any atom is 0.312 e. The molecule has 0 aliphatic heterocycles. The molecule has 1 N–H and O–H groups in total. The number of nitrogens with one attached hydrogen (secondary N) is 1. The maximum absolute atomic E-state index is 10.8. The summed E-state index contributed by atoms with van der Waals surface area (Å²) in [6, 6.07) is 1.30. The molecule has 0 saturated carbocycles. The van der Waals surface area contributed by atoms with Crippen LogP contribution in [0, 0.1) is 22.0 Å². The van der Waals surface area contributed by atoms with Crippen LogP contribution in [-0.4, -0.2) is 16.5 Å². The molecule has 0 spiro atoms. The van der Waals surface area contributed by atoms with E-state index in [-0.39, 0.29) is 16.5 Å². The highest BCUT2D eigenvalue weighted by Gasteiger charge is 2.17. The summed E-state index contributed by atoms with van der Waals surface area (Å²) in [5, 5.41) is 14.1. The molecule has 0 radical (unpaired) electrons. The largest absolute Gasteiger partial charge is 0.364 e. The third-order valence-corrected chi connectivity index (χ3v) is 2.97. The first-order valence-electron chi connectivity index (χ1n) is 5.45. The zero-order chi connectivity index (χ0) is 13.0. The fourth-order valence-electron chi connectivity index (χ4n) is 1.20. The van der Waals surface area contributed by atoms with Crippen molar-refractivity contribution in [1.82, 2.24) is 4.98 Å². The summed E-state index contributed by atoms with van der Waals surface area (Å²) in [5.41, 5.74) is -0.0894. The Morgan fingerprint density at radius 2 is 2.18 bits per heavy atom. The lowest BCUT2D eigenvalue weighted by Crippen LogP contribution is -2.17. The third kappa shape index (κ3) is 3.85. The molecule has 0 saturated heterocycles. The lowest BCUT2D eigenvalue weighted by atomic mass is 9.98. The van der Waals surface area contributed by atoms with E-state index in [0.717, 1.165) is 0 Å². The van der Waals surface area contributed by atoms with Crippen LogP contribution in [0.1, 0.15) is 20.8 Å². The van der Waals surface area contributed by atoms with Crippen molar-refractivity contribution in [1.29, 1.82) is 0 Å². The number of pyridine rings is 1. The number of nitro groups is 1. The fourth-order valence-corrected chi connectivity index (χ4v) is 1.35. The molecule has 94 valence electrons. The van der Waals surface area contributed by atoms with Gasteiger partial charge in [-0.25, -0.2) is 4.98 Å². The Balaban J connectivity index is 2.80. The van der Waals surface area contributed by atoms with Gasteiger partial charge in [0.1, 0.15) is 0 Å². The topological polar surface area (TPSA) is 68.1 Å². The Hall–Kier alpha value is -1.36. The molecule has 1 heterocycles. The van der Waals surface area contributed by atoms with E-state index < -0.39 is 4.92 Å². The Bertz CT molecular complexity index is 410. The smallest absolute Gasteiger partial charge is 0.312 e. The standard InChI is InChI=1S/C11H16ClN3O2/c1-7(2)8(3)5-13-11-10(15(16)17)4-9(12)6-14-11/h4,6-8H,5H2,1-3H3,(H,13,14). The van der Waals surface area contributed by atoms with E-state index in [4.69, 9.17) is 11.6 Å². The molecular formula is C11H16ClN3O2. The number of aromatic nitrogens is 1. The summed E-state index contributed by atoms with van der Waals surface area (Å²) in [7, 11) is 0. The molecule has 1 atom stereocenters. The summed E-state index contributed by atoms with van der Waals surface area (Å²) in [5.74, 6) is 1.19. The first kappa shape index (κ1) is 13.7. The van der Waals surface area contributed by atoms with E-state index >= 15 is 0 Å². The first-order valence-corrected chi connectivity index (χ1v) is 5.83. The zero-order valence-electron chi connectivity index (χ0n) is 10.1. The molecule has 6 heteroatoms. The quantitative estimate of drug-likeness (QED) is 0.649. The minimum atomic E-state index is -0.485. The monoisotopic (exact) mass is 257 g/mol. The highest BCUT2D eigenvalue weighted by molar-refractivity contribution is 6.30. The van der Waals surface area contributed by atoms with Crippen LogP contribution in [0.4, 0.5) is 11.5 Å². The second-order valence-electron chi connectivity index (χ2n) is 4.38. The predicted molar refractivity (Wildman–Crippen MR) is 68.4 cm³/mol. The average molecular weight is 258 g/mol. The minimum absolute atomic E-state index is 0.0894. The highest BCUT2D eigenvalue weighted by atomic mass is 35.5. The van der Waals surface area contributed by atoms with E-state index in [1.165, 1.54) is 12.3 Å². The zero-order valence-corrected chi connectivity index (χ0v) is 10.9. The normalized spacial score (nSPS) is 12.5. The second-order valence-corrected chi connectivity index (χ2v) is 4.82. The van der Waals surface area contributed by atoms with Crippen molar-refractivity contribution >= 4 is 23.1 Å². The second kappa shape index (κ2) is 5.82. The minimum Gasteiger partial charge on any atom is -0.364 e. The van der Waals surface area contributed by atoms with E-state index in [1.54, 1.807) is 0 Å². The van der Waals surface area contributed by atoms with Crippen molar-refractivity contribution < 1.29 is 4.92 Å². The van der Waals surface area contributed by atoms with Gasteiger partial charge >= 0.3 is 5.69 Å². The van der Waals surface area contributed by atoms with Gasteiger partial charge in [-0.15, -0.1) is 0 Å². The van der Waals surface area contributed by atoms with Gasteiger partial charge < -0.3 is 5.32 Å². The van der Waals surface area contributed by atoms with Gasteiger partial charge in [0.2, 0.25) is 5.82 Å². The molecular weight excluding hydrogens is 242 g/mol. The third-order valence-electron chi connectivity index (χ3n) is 2.76. The molecule has 0 aromatic carbocycles. The van der Waals surface area contributed by atoms with Gasteiger partial charge in [-0.3, -0.25) is 10.1 Å². The maximum atomic E-state index is 10.8. The van der Waals surface area contributed by atoms with Crippen LogP contribution in [0.15, 0.2) is 12.3 Å². The molecule has 0 fully saturated rings. The van der Waals surface area contributed by atoms with Gasteiger partial charge in [0.15, 0.2) is 0 Å². The van der Waals surface area contributed by atoms with Crippen molar-refractivity contribution in [3.8, 4) is 0 Å². The molecule has 1 rings (SSSR count). The van der Waals surface area contributed by atoms with Crippen LogP contribution in [0.3, 0.4) is 0 Å². The number of rotatable bonds is 5. The summed E-state index contributed by atoms with van der Waals surface area (Å²) in [6.45, 7) is 6.94. The van der Waals surface area contributed by atoms with Gasteiger partial charge in [0.05, 0.1) is 9.95 Å². The van der Waals surface area contributed by atoms with Crippen LogP contribution in [0.2, 0.25) is 5.02 Å². The molecule has 1 aromatic heterocycles. The molecule has 0 bridgehead atoms. The molecule has 17 heavy (non-hydrogen) atoms.